The van der Waals surface area contributed by atoms with Crippen molar-refractivity contribution in [3.05, 3.63) is 28.7 Å². The summed E-state index contributed by atoms with van der Waals surface area (Å²) in [5.41, 5.74) is -1.41. The molecule has 1 heterocycles. The maximum Gasteiger partial charge on any atom is 0.331 e. The van der Waals surface area contributed by atoms with Crippen molar-refractivity contribution in [3.63, 3.8) is 0 Å². The molecule has 0 aromatic carbocycles. The highest BCUT2D eigenvalue weighted by Crippen LogP contribution is 2.16. The number of esters is 1. The Morgan fingerprint density at radius 2 is 2.12 bits per heavy atom. The fourth-order valence-electron chi connectivity index (χ4n) is 1.48. The van der Waals surface area contributed by atoms with Gasteiger partial charge in [-0.3, -0.25) is 9.36 Å². The summed E-state index contributed by atoms with van der Waals surface area (Å²) >= 11 is 0. The van der Waals surface area contributed by atoms with Gasteiger partial charge in [-0.2, -0.15) is 0 Å². The minimum Gasteiger partial charge on any atom is -0.491 e. The Morgan fingerprint density at radius 1 is 1.47 bits per heavy atom. The minimum atomic E-state index is -1.05. The largest absolute Gasteiger partial charge is 0.491 e. The zero-order chi connectivity index (χ0) is 13.1. The molecule has 5 heteroatoms. The Hall–Kier alpha value is -1.78. The molecule has 94 valence electrons. The summed E-state index contributed by atoms with van der Waals surface area (Å²) in [6, 6.07) is 3.21. The van der Waals surface area contributed by atoms with Crippen LogP contribution in [0.15, 0.2) is 23.1 Å². The van der Waals surface area contributed by atoms with Gasteiger partial charge in [-0.05, 0) is 32.9 Å². The molecule has 0 bridgehead atoms. The molecule has 17 heavy (non-hydrogen) atoms. The highest BCUT2D eigenvalue weighted by molar-refractivity contribution is 5.77. The second kappa shape index (κ2) is 5.03. The predicted octanol–water partition coefficient (Wildman–Crippen LogP) is 1.16. The number of carbonyl (C=O) groups is 1. The zero-order valence-electron chi connectivity index (χ0n) is 10.5. The first-order valence-corrected chi connectivity index (χ1v) is 5.38. The van der Waals surface area contributed by atoms with E-state index in [1.165, 1.54) is 11.7 Å². The van der Waals surface area contributed by atoms with Gasteiger partial charge in [-0.1, -0.05) is 0 Å². The predicted molar refractivity (Wildman–Crippen MR) is 63.2 cm³/mol. The molecule has 1 rings (SSSR count). The average Bonchev–Trinajstić information content (AvgIpc) is 2.29. The van der Waals surface area contributed by atoms with Gasteiger partial charge < -0.3 is 9.47 Å². The molecule has 0 atom stereocenters. The summed E-state index contributed by atoms with van der Waals surface area (Å²) in [6.07, 6.45) is 1.54. The van der Waals surface area contributed by atoms with Crippen molar-refractivity contribution in [2.45, 2.75) is 26.3 Å². The first-order valence-electron chi connectivity index (χ1n) is 5.38. The van der Waals surface area contributed by atoms with E-state index in [2.05, 4.69) is 0 Å². The van der Waals surface area contributed by atoms with Crippen molar-refractivity contribution in [1.82, 2.24) is 4.57 Å². The third-order valence-electron chi connectivity index (χ3n) is 2.51. The smallest absolute Gasteiger partial charge is 0.331 e. The van der Waals surface area contributed by atoms with E-state index in [0.29, 0.717) is 0 Å². The minimum absolute atomic E-state index is 0.199. The lowest BCUT2D eigenvalue weighted by molar-refractivity contribution is -0.152. The van der Waals surface area contributed by atoms with Crippen LogP contribution in [0, 0.1) is 0 Å². The van der Waals surface area contributed by atoms with Crippen LogP contribution in [-0.2, 0) is 15.1 Å². The van der Waals surface area contributed by atoms with Gasteiger partial charge in [0, 0.05) is 6.20 Å². The first-order chi connectivity index (χ1) is 7.95. The number of hydrogen-bond donors (Lipinski definition) is 0. The second-order valence-corrected chi connectivity index (χ2v) is 4.03. The first kappa shape index (κ1) is 13.3. The molecule has 0 saturated carbocycles. The molecule has 0 aliphatic heterocycles. The molecule has 1 aromatic heterocycles. The fraction of sp³-hybridized carbons (Fsp3) is 0.500. The SMILES string of the molecule is CCOC(=O)C(C)(C)n1cccc(OC)c1=O. The molecule has 0 spiro atoms. The van der Waals surface area contributed by atoms with Crippen molar-refractivity contribution >= 4 is 5.97 Å². The van der Waals surface area contributed by atoms with Gasteiger partial charge in [0.15, 0.2) is 5.75 Å². The van der Waals surface area contributed by atoms with Crippen LogP contribution < -0.4 is 10.3 Å². The Morgan fingerprint density at radius 3 is 2.65 bits per heavy atom. The van der Waals surface area contributed by atoms with E-state index in [1.807, 2.05) is 0 Å². The molecule has 0 fully saturated rings. The van der Waals surface area contributed by atoms with Crippen LogP contribution in [-0.4, -0.2) is 24.3 Å². The van der Waals surface area contributed by atoms with Gasteiger partial charge in [0.2, 0.25) is 0 Å². The maximum absolute atomic E-state index is 12.0. The van der Waals surface area contributed by atoms with E-state index in [9.17, 15) is 9.59 Å². The summed E-state index contributed by atoms with van der Waals surface area (Å²) in [6.45, 7) is 5.26. The third kappa shape index (κ3) is 2.49. The highest BCUT2D eigenvalue weighted by atomic mass is 16.5. The zero-order valence-corrected chi connectivity index (χ0v) is 10.5. The molecule has 0 radical (unpaired) electrons. The number of hydrogen-bond acceptors (Lipinski definition) is 4. The van der Waals surface area contributed by atoms with E-state index < -0.39 is 11.5 Å². The van der Waals surface area contributed by atoms with E-state index in [0.717, 1.165) is 0 Å². The van der Waals surface area contributed by atoms with Crippen molar-refractivity contribution in [1.29, 1.82) is 0 Å². The summed E-state index contributed by atoms with van der Waals surface area (Å²) in [5, 5.41) is 0. The van der Waals surface area contributed by atoms with Crippen LogP contribution in [0.4, 0.5) is 0 Å². The van der Waals surface area contributed by atoms with E-state index in [1.54, 1.807) is 39.1 Å². The standard InChI is InChI=1S/C12H17NO4/c1-5-17-11(15)12(2,3)13-8-6-7-9(16-4)10(13)14/h6-8H,5H2,1-4H3. The number of rotatable bonds is 4. The van der Waals surface area contributed by atoms with Gasteiger partial charge in [-0.15, -0.1) is 0 Å². The quantitative estimate of drug-likeness (QED) is 0.740. The van der Waals surface area contributed by atoms with Crippen LogP contribution in [0.2, 0.25) is 0 Å². The third-order valence-corrected chi connectivity index (χ3v) is 2.51. The Labute approximate surface area is 100.0 Å². The summed E-state index contributed by atoms with van der Waals surface area (Å²) in [4.78, 5) is 23.8. The highest BCUT2D eigenvalue weighted by Gasteiger charge is 2.32. The normalized spacial score (nSPS) is 11.1. The van der Waals surface area contributed by atoms with Crippen LogP contribution in [0.1, 0.15) is 20.8 Å². The van der Waals surface area contributed by atoms with Crippen LogP contribution in [0.3, 0.4) is 0 Å². The van der Waals surface area contributed by atoms with Crippen molar-refractivity contribution in [2.75, 3.05) is 13.7 Å². The summed E-state index contributed by atoms with van der Waals surface area (Å²) in [5.74, 6) is -0.250. The van der Waals surface area contributed by atoms with E-state index >= 15 is 0 Å². The number of methoxy groups -OCH3 is 1. The van der Waals surface area contributed by atoms with Crippen molar-refractivity contribution < 1.29 is 14.3 Å². The van der Waals surface area contributed by atoms with Crippen molar-refractivity contribution in [2.24, 2.45) is 0 Å². The molecule has 0 saturated heterocycles. The lowest BCUT2D eigenvalue weighted by atomic mass is 10.1. The Bertz CT molecular complexity index is 462. The van der Waals surface area contributed by atoms with Gasteiger partial charge in [0.05, 0.1) is 13.7 Å². The second-order valence-electron chi connectivity index (χ2n) is 4.03. The summed E-state index contributed by atoms with van der Waals surface area (Å²) in [7, 11) is 1.42. The van der Waals surface area contributed by atoms with Crippen LogP contribution >= 0.6 is 0 Å². The molecule has 0 aliphatic rings. The number of nitrogens with zero attached hydrogens (tertiary/aromatic N) is 1. The molecule has 0 unspecified atom stereocenters. The lowest BCUT2D eigenvalue weighted by Crippen LogP contribution is -2.43. The summed E-state index contributed by atoms with van der Waals surface area (Å²) < 4.78 is 11.2. The maximum atomic E-state index is 12.0. The molecule has 0 aliphatic carbocycles. The number of aromatic nitrogens is 1. The molecule has 1 aromatic rings. The topological polar surface area (TPSA) is 57.5 Å². The monoisotopic (exact) mass is 239 g/mol. The van der Waals surface area contributed by atoms with Crippen LogP contribution in [0.25, 0.3) is 0 Å². The molecule has 5 nitrogen and oxygen atoms in total. The lowest BCUT2D eigenvalue weighted by Gasteiger charge is -2.25. The number of pyridine rings is 1. The van der Waals surface area contributed by atoms with Gasteiger partial charge in [0.25, 0.3) is 5.56 Å². The molecular weight excluding hydrogens is 222 g/mol. The van der Waals surface area contributed by atoms with E-state index in [4.69, 9.17) is 9.47 Å². The van der Waals surface area contributed by atoms with Crippen LogP contribution in [0.5, 0.6) is 5.75 Å². The molecular formula is C12H17NO4. The van der Waals surface area contributed by atoms with E-state index in [-0.39, 0.29) is 17.9 Å². The number of carbonyl (C=O) groups excluding carboxylic acids is 1. The van der Waals surface area contributed by atoms with Gasteiger partial charge >= 0.3 is 5.97 Å². The van der Waals surface area contributed by atoms with Crippen molar-refractivity contribution in [3.8, 4) is 5.75 Å². The molecule has 0 N–H and O–H groups in total. The van der Waals surface area contributed by atoms with Gasteiger partial charge in [-0.25, -0.2) is 4.79 Å². The number of ether oxygens (including phenoxy) is 2. The fourth-order valence-corrected chi connectivity index (χ4v) is 1.48. The van der Waals surface area contributed by atoms with Gasteiger partial charge in [0.1, 0.15) is 5.54 Å². The Balaban J connectivity index is 3.24. The Kier molecular flexibility index (Phi) is 3.93. The average molecular weight is 239 g/mol. The molecule has 0 amide bonds.